The van der Waals surface area contributed by atoms with Crippen molar-refractivity contribution < 1.29 is 13.9 Å². The molecule has 0 unspecified atom stereocenters. The van der Waals surface area contributed by atoms with E-state index in [1.807, 2.05) is 50.2 Å². The van der Waals surface area contributed by atoms with E-state index in [2.05, 4.69) is 0 Å². The highest BCUT2D eigenvalue weighted by Crippen LogP contribution is 2.34. The molecule has 5 nitrogen and oxygen atoms in total. The number of hydrogen-bond acceptors (Lipinski definition) is 5. The maximum absolute atomic E-state index is 14.2. The molecule has 3 aromatic carbocycles. The molecule has 1 aliphatic heterocycles. The number of rotatable bonds is 4. The average Bonchev–Trinajstić information content (AvgIpc) is 2.79. The summed E-state index contributed by atoms with van der Waals surface area (Å²) in [6.07, 6.45) is 0. The van der Waals surface area contributed by atoms with Gasteiger partial charge < -0.3 is 9.47 Å². The SMILES string of the molecule is Cc1ccc(C)c(-n2c(SCc3cc(F)cc4c3OCOC4)nc3ccccc3c2=O)c1. The highest BCUT2D eigenvalue weighted by atomic mass is 32.2. The first-order valence-corrected chi connectivity index (χ1v) is 11.2. The van der Waals surface area contributed by atoms with Gasteiger partial charge in [-0.05, 0) is 55.3 Å². The predicted molar refractivity (Wildman–Crippen MR) is 123 cm³/mol. The normalized spacial score (nSPS) is 13.1. The van der Waals surface area contributed by atoms with E-state index in [0.717, 1.165) is 16.8 Å². The van der Waals surface area contributed by atoms with Gasteiger partial charge in [0.05, 0.1) is 23.2 Å². The maximum atomic E-state index is 14.2. The molecule has 0 fully saturated rings. The smallest absolute Gasteiger partial charge is 0.266 e. The van der Waals surface area contributed by atoms with Crippen molar-refractivity contribution in [3.8, 4) is 11.4 Å². The molecule has 1 aliphatic rings. The monoisotopic (exact) mass is 448 g/mol. The van der Waals surface area contributed by atoms with Gasteiger partial charge in [0, 0.05) is 16.9 Å². The van der Waals surface area contributed by atoms with Crippen molar-refractivity contribution in [2.75, 3.05) is 6.79 Å². The van der Waals surface area contributed by atoms with Crippen LogP contribution in [0.3, 0.4) is 0 Å². The minimum Gasteiger partial charge on any atom is -0.467 e. The lowest BCUT2D eigenvalue weighted by Crippen LogP contribution is -2.22. The first-order valence-electron chi connectivity index (χ1n) is 10.3. The Labute approximate surface area is 188 Å². The molecular formula is C25H21FN2O3S. The second kappa shape index (κ2) is 8.41. The third kappa shape index (κ3) is 3.78. The van der Waals surface area contributed by atoms with Gasteiger partial charge in [-0.1, -0.05) is 36.0 Å². The Morgan fingerprint density at radius 1 is 1.12 bits per heavy atom. The molecule has 0 amide bonds. The topological polar surface area (TPSA) is 53.4 Å². The second-order valence-electron chi connectivity index (χ2n) is 7.79. The molecule has 32 heavy (non-hydrogen) atoms. The minimum absolute atomic E-state index is 0.127. The summed E-state index contributed by atoms with van der Waals surface area (Å²) in [6.45, 7) is 4.42. The number of benzene rings is 3. The third-order valence-electron chi connectivity index (χ3n) is 5.46. The molecule has 0 bridgehead atoms. The van der Waals surface area contributed by atoms with Crippen molar-refractivity contribution in [2.24, 2.45) is 0 Å². The van der Waals surface area contributed by atoms with Crippen molar-refractivity contribution in [1.29, 1.82) is 0 Å². The molecule has 0 atom stereocenters. The number of nitrogens with zero attached hydrogens (tertiary/aromatic N) is 2. The average molecular weight is 449 g/mol. The van der Waals surface area contributed by atoms with Crippen molar-refractivity contribution in [3.63, 3.8) is 0 Å². The zero-order chi connectivity index (χ0) is 22.2. The van der Waals surface area contributed by atoms with Gasteiger partial charge in [-0.15, -0.1) is 0 Å². The predicted octanol–water partition coefficient (Wildman–Crippen LogP) is 5.30. The fourth-order valence-electron chi connectivity index (χ4n) is 3.89. The lowest BCUT2D eigenvalue weighted by atomic mass is 10.1. The van der Waals surface area contributed by atoms with Gasteiger partial charge in [0.25, 0.3) is 5.56 Å². The molecule has 2 heterocycles. The Balaban J connectivity index is 1.64. The summed E-state index contributed by atoms with van der Waals surface area (Å²) in [5.74, 6) is 0.703. The maximum Gasteiger partial charge on any atom is 0.266 e. The molecule has 0 radical (unpaired) electrons. The highest BCUT2D eigenvalue weighted by Gasteiger charge is 2.20. The number of thioether (sulfide) groups is 1. The minimum atomic E-state index is -0.341. The number of ether oxygens (including phenoxy) is 2. The van der Waals surface area contributed by atoms with E-state index in [-0.39, 0.29) is 18.2 Å². The third-order valence-corrected chi connectivity index (χ3v) is 6.45. The standard InChI is InChI=1S/C25H21FN2O3S/c1-15-7-8-16(2)22(9-15)28-24(29)20-5-3-4-6-21(20)27-25(28)32-13-18-11-19(26)10-17-12-30-14-31-23(17)18/h3-11H,12-14H2,1-2H3. The molecule has 1 aromatic heterocycles. The molecule has 0 saturated carbocycles. The number of hydrogen-bond donors (Lipinski definition) is 0. The van der Waals surface area contributed by atoms with Crippen molar-refractivity contribution >= 4 is 22.7 Å². The van der Waals surface area contributed by atoms with Crippen LogP contribution in [0.25, 0.3) is 16.6 Å². The molecule has 5 rings (SSSR count). The Morgan fingerprint density at radius 3 is 2.84 bits per heavy atom. The molecule has 0 aliphatic carbocycles. The summed E-state index contributed by atoms with van der Waals surface area (Å²) in [5.41, 5.74) is 4.72. The fraction of sp³-hybridized carbons (Fsp3) is 0.200. The van der Waals surface area contributed by atoms with E-state index in [1.165, 1.54) is 23.9 Å². The quantitative estimate of drug-likeness (QED) is 0.313. The van der Waals surface area contributed by atoms with Crippen LogP contribution in [0, 0.1) is 19.7 Å². The van der Waals surface area contributed by atoms with Gasteiger partial charge in [0.15, 0.2) is 11.9 Å². The number of halogens is 1. The Bertz CT molecular complexity index is 1400. The molecule has 0 spiro atoms. The van der Waals surface area contributed by atoms with Gasteiger partial charge in [-0.2, -0.15) is 0 Å². The van der Waals surface area contributed by atoms with Gasteiger partial charge in [-0.25, -0.2) is 9.37 Å². The summed E-state index contributed by atoms with van der Waals surface area (Å²) in [4.78, 5) is 18.3. The van der Waals surface area contributed by atoms with Gasteiger partial charge in [0.2, 0.25) is 0 Å². The fourth-order valence-corrected chi connectivity index (χ4v) is 4.86. The zero-order valence-electron chi connectivity index (χ0n) is 17.7. The van der Waals surface area contributed by atoms with Gasteiger partial charge in [-0.3, -0.25) is 9.36 Å². The van der Waals surface area contributed by atoms with Crippen LogP contribution in [0.2, 0.25) is 0 Å². The van der Waals surface area contributed by atoms with Crippen molar-refractivity contribution in [1.82, 2.24) is 9.55 Å². The van der Waals surface area contributed by atoms with Crippen LogP contribution in [0.4, 0.5) is 4.39 Å². The number of para-hydroxylation sites is 1. The van der Waals surface area contributed by atoms with E-state index in [1.54, 1.807) is 10.6 Å². The number of aromatic nitrogens is 2. The molecular weight excluding hydrogens is 427 g/mol. The number of fused-ring (bicyclic) bond motifs is 2. The summed E-state index contributed by atoms with van der Waals surface area (Å²) < 4.78 is 26.8. The second-order valence-corrected chi connectivity index (χ2v) is 8.74. The summed E-state index contributed by atoms with van der Waals surface area (Å²) >= 11 is 1.38. The van der Waals surface area contributed by atoms with Gasteiger partial charge >= 0.3 is 0 Å². The van der Waals surface area contributed by atoms with E-state index in [4.69, 9.17) is 14.5 Å². The van der Waals surface area contributed by atoms with E-state index in [0.29, 0.717) is 45.3 Å². The Hall–Kier alpha value is -3.16. The Kier molecular flexibility index (Phi) is 5.45. The zero-order valence-corrected chi connectivity index (χ0v) is 18.5. The van der Waals surface area contributed by atoms with Crippen LogP contribution in [0.15, 0.2) is 64.5 Å². The van der Waals surface area contributed by atoms with Crippen LogP contribution in [0.5, 0.6) is 5.75 Å². The van der Waals surface area contributed by atoms with Crippen molar-refractivity contribution in [2.45, 2.75) is 31.4 Å². The van der Waals surface area contributed by atoms with Gasteiger partial charge in [0.1, 0.15) is 11.6 Å². The van der Waals surface area contributed by atoms with Crippen LogP contribution in [-0.2, 0) is 17.1 Å². The lowest BCUT2D eigenvalue weighted by Gasteiger charge is -2.21. The van der Waals surface area contributed by atoms with Crippen molar-refractivity contribution in [3.05, 3.63) is 93.0 Å². The molecule has 0 saturated heterocycles. The summed E-state index contributed by atoms with van der Waals surface area (Å²) in [6, 6.07) is 16.2. The van der Waals surface area contributed by atoms with Crippen LogP contribution in [0.1, 0.15) is 22.3 Å². The molecule has 0 N–H and O–H groups in total. The number of aryl methyl sites for hydroxylation is 2. The van der Waals surface area contributed by atoms with E-state index < -0.39 is 0 Å². The first-order chi connectivity index (χ1) is 15.5. The molecule has 4 aromatic rings. The van der Waals surface area contributed by atoms with Crippen LogP contribution >= 0.6 is 11.8 Å². The lowest BCUT2D eigenvalue weighted by molar-refractivity contribution is -0.0171. The highest BCUT2D eigenvalue weighted by molar-refractivity contribution is 7.98. The Morgan fingerprint density at radius 2 is 1.97 bits per heavy atom. The largest absolute Gasteiger partial charge is 0.467 e. The summed E-state index contributed by atoms with van der Waals surface area (Å²) in [7, 11) is 0. The van der Waals surface area contributed by atoms with E-state index >= 15 is 0 Å². The van der Waals surface area contributed by atoms with Crippen LogP contribution in [-0.4, -0.2) is 16.3 Å². The van der Waals surface area contributed by atoms with E-state index in [9.17, 15) is 9.18 Å². The molecule has 162 valence electrons. The summed E-state index contributed by atoms with van der Waals surface area (Å²) in [5, 5.41) is 1.11. The molecule has 7 heteroatoms. The van der Waals surface area contributed by atoms with Crippen LogP contribution < -0.4 is 10.3 Å². The first kappa shape index (κ1) is 20.7.